The van der Waals surface area contributed by atoms with Gasteiger partial charge in [0.2, 0.25) is 5.91 Å². The Bertz CT molecular complexity index is 539. The molecule has 1 amide bonds. The molecule has 0 spiro atoms. The SMILES string of the molecule is NC(=O)CCSc1ncc(-c2ccc(F)cc2)[nH]1. The van der Waals surface area contributed by atoms with E-state index in [4.69, 9.17) is 5.73 Å². The van der Waals surface area contributed by atoms with Crippen LogP contribution < -0.4 is 5.73 Å². The summed E-state index contributed by atoms with van der Waals surface area (Å²) in [4.78, 5) is 17.9. The molecule has 0 radical (unpaired) electrons. The first-order valence-electron chi connectivity index (χ1n) is 5.37. The predicted molar refractivity (Wildman–Crippen MR) is 68.5 cm³/mol. The van der Waals surface area contributed by atoms with Crippen LogP contribution >= 0.6 is 11.8 Å². The molecule has 0 aliphatic carbocycles. The van der Waals surface area contributed by atoms with Gasteiger partial charge in [-0.3, -0.25) is 4.79 Å². The predicted octanol–water partition coefficient (Wildman–Crippen LogP) is 2.18. The van der Waals surface area contributed by atoms with Crippen LogP contribution in [0.1, 0.15) is 6.42 Å². The lowest BCUT2D eigenvalue weighted by Crippen LogP contribution is -2.10. The highest BCUT2D eigenvalue weighted by atomic mass is 32.2. The van der Waals surface area contributed by atoms with Gasteiger partial charge in [-0.1, -0.05) is 11.8 Å². The molecular formula is C12H12FN3OS. The molecular weight excluding hydrogens is 253 g/mol. The Labute approximate surface area is 108 Å². The van der Waals surface area contributed by atoms with Gasteiger partial charge in [0.05, 0.1) is 11.9 Å². The van der Waals surface area contributed by atoms with Gasteiger partial charge in [-0.25, -0.2) is 9.37 Å². The van der Waals surface area contributed by atoms with Crippen LogP contribution in [0.5, 0.6) is 0 Å². The first-order chi connectivity index (χ1) is 8.65. The minimum Gasteiger partial charge on any atom is -0.370 e. The molecule has 0 saturated heterocycles. The van der Waals surface area contributed by atoms with Gasteiger partial charge in [0.1, 0.15) is 5.82 Å². The molecule has 0 unspecified atom stereocenters. The molecule has 2 aromatic rings. The highest BCUT2D eigenvalue weighted by Gasteiger charge is 2.04. The maximum absolute atomic E-state index is 12.8. The van der Waals surface area contributed by atoms with Crippen LogP contribution in [0.4, 0.5) is 4.39 Å². The number of nitrogens with one attached hydrogen (secondary N) is 1. The van der Waals surface area contributed by atoms with E-state index in [0.29, 0.717) is 12.2 Å². The number of carbonyl (C=O) groups is 1. The number of H-pyrrole nitrogens is 1. The molecule has 1 aromatic carbocycles. The fourth-order valence-corrected chi connectivity index (χ4v) is 2.21. The number of primary amides is 1. The molecule has 1 aromatic heterocycles. The summed E-state index contributed by atoms with van der Waals surface area (Å²) in [5.41, 5.74) is 6.73. The lowest BCUT2D eigenvalue weighted by Gasteiger charge is -1.97. The lowest BCUT2D eigenvalue weighted by molar-refractivity contribution is -0.117. The highest BCUT2D eigenvalue weighted by molar-refractivity contribution is 7.99. The molecule has 18 heavy (non-hydrogen) atoms. The summed E-state index contributed by atoms with van der Waals surface area (Å²) in [6, 6.07) is 6.16. The van der Waals surface area contributed by atoms with E-state index in [0.717, 1.165) is 16.4 Å². The number of benzene rings is 1. The third-order valence-electron chi connectivity index (χ3n) is 2.29. The number of rotatable bonds is 5. The number of amides is 1. The monoisotopic (exact) mass is 265 g/mol. The summed E-state index contributed by atoms with van der Waals surface area (Å²) in [5, 5.41) is 0.718. The second-order valence-corrected chi connectivity index (χ2v) is 4.76. The van der Waals surface area contributed by atoms with Gasteiger partial charge in [-0.15, -0.1) is 0 Å². The smallest absolute Gasteiger partial charge is 0.218 e. The van der Waals surface area contributed by atoms with Crippen molar-refractivity contribution in [3.05, 3.63) is 36.3 Å². The summed E-state index contributed by atoms with van der Waals surface area (Å²) in [6.45, 7) is 0. The number of aromatic nitrogens is 2. The van der Waals surface area contributed by atoms with Crippen LogP contribution in [0.15, 0.2) is 35.6 Å². The van der Waals surface area contributed by atoms with Crippen LogP contribution in [-0.4, -0.2) is 21.6 Å². The summed E-state index contributed by atoms with van der Waals surface area (Å²) in [6.07, 6.45) is 2.00. The molecule has 0 saturated carbocycles. The maximum atomic E-state index is 12.8. The van der Waals surface area contributed by atoms with Crippen LogP contribution in [0.25, 0.3) is 11.3 Å². The summed E-state index contributed by atoms with van der Waals surface area (Å²) in [5.74, 6) is -0.00625. The van der Waals surface area contributed by atoms with Crippen molar-refractivity contribution in [2.75, 3.05) is 5.75 Å². The molecule has 0 bridgehead atoms. The van der Waals surface area contributed by atoms with Gasteiger partial charge >= 0.3 is 0 Å². The van der Waals surface area contributed by atoms with Gasteiger partial charge < -0.3 is 10.7 Å². The van der Waals surface area contributed by atoms with Gasteiger partial charge in [-0.05, 0) is 29.8 Å². The molecule has 6 heteroatoms. The van der Waals surface area contributed by atoms with Crippen molar-refractivity contribution in [1.29, 1.82) is 0 Å². The third kappa shape index (κ3) is 3.33. The highest BCUT2D eigenvalue weighted by Crippen LogP contribution is 2.21. The number of halogens is 1. The molecule has 0 fully saturated rings. The average Bonchev–Trinajstić information content (AvgIpc) is 2.78. The Morgan fingerprint density at radius 2 is 2.11 bits per heavy atom. The number of imidazole rings is 1. The Morgan fingerprint density at radius 3 is 2.78 bits per heavy atom. The zero-order chi connectivity index (χ0) is 13.0. The van der Waals surface area contributed by atoms with E-state index in [2.05, 4.69) is 9.97 Å². The summed E-state index contributed by atoms with van der Waals surface area (Å²) in [7, 11) is 0. The second kappa shape index (κ2) is 5.68. The van der Waals surface area contributed by atoms with Crippen LogP contribution in [-0.2, 0) is 4.79 Å². The largest absolute Gasteiger partial charge is 0.370 e. The number of hydrogen-bond donors (Lipinski definition) is 2. The number of thioether (sulfide) groups is 1. The van der Waals surface area contributed by atoms with Crippen molar-refractivity contribution in [3.8, 4) is 11.3 Å². The van der Waals surface area contributed by atoms with E-state index < -0.39 is 0 Å². The van der Waals surface area contributed by atoms with E-state index in [1.807, 2.05) is 0 Å². The van der Waals surface area contributed by atoms with Crippen LogP contribution in [0.3, 0.4) is 0 Å². The van der Waals surface area contributed by atoms with E-state index in [9.17, 15) is 9.18 Å². The Balaban J connectivity index is 2.01. The second-order valence-electron chi connectivity index (χ2n) is 3.67. The normalized spacial score (nSPS) is 10.5. The Morgan fingerprint density at radius 1 is 1.39 bits per heavy atom. The first kappa shape index (κ1) is 12.6. The molecule has 1 heterocycles. The number of nitrogens with two attached hydrogens (primary N) is 1. The van der Waals surface area contributed by atoms with E-state index in [1.165, 1.54) is 23.9 Å². The van der Waals surface area contributed by atoms with Gasteiger partial charge in [0.25, 0.3) is 0 Å². The summed E-state index contributed by atoms with van der Waals surface area (Å²) >= 11 is 1.43. The molecule has 4 nitrogen and oxygen atoms in total. The van der Waals surface area contributed by atoms with E-state index >= 15 is 0 Å². The average molecular weight is 265 g/mol. The quantitative estimate of drug-likeness (QED) is 0.814. The van der Waals surface area contributed by atoms with Gasteiger partial charge in [0, 0.05) is 12.2 Å². The van der Waals surface area contributed by atoms with Crippen molar-refractivity contribution in [2.24, 2.45) is 5.73 Å². The molecule has 3 N–H and O–H groups in total. The first-order valence-corrected chi connectivity index (χ1v) is 6.36. The number of aromatic amines is 1. The minimum atomic E-state index is -0.326. The van der Waals surface area contributed by atoms with Gasteiger partial charge in [-0.2, -0.15) is 0 Å². The van der Waals surface area contributed by atoms with Crippen LogP contribution in [0, 0.1) is 5.82 Å². The molecule has 94 valence electrons. The standard InChI is InChI=1S/C12H12FN3OS/c13-9-3-1-8(2-4-9)10-7-15-12(16-10)18-6-5-11(14)17/h1-4,7H,5-6H2,(H2,14,17)(H,15,16). The van der Waals surface area contributed by atoms with E-state index in [-0.39, 0.29) is 11.7 Å². The number of hydrogen-bond acceptors (Lipinski definition) is 3. The number of carbonyl (C=O) groups excluding carboxylic acids is 1. The molecule has 0 aliphatic rings. The fraction of sp³-hybridized carbons (Fsp3) is 0.167. The molecule has 0 atom stereocenters. The Kier molecular flexibility index (Phi) is 3.99. The Hall–Kier alpha value is -1.82. The fourth-order valence-electron chi connectivity index (χ4n) is 1.40. The lowest BCUT2D eigenvalue weighted by atomic mass is 10.2. The maximum Gasteiger partial charge on any atom is 0.218 e. The van der Waals surface area contributed by atoms with E-state index in [1.54, 1.807) is 18.3 Å². The zero-order valence-corrected chi connectivity index (χ0v) is 10.3. The molecule has 0 aliphatic heterocycles. The topological polar surface area (TPSA) is 71.8 Å². The van der Waals surface area contributed by atoms with Crippen molar-refractivity contribution in [1.82, 2.24) is 9.97 Å². The van der Waals surface area contributed by atoms with Crippen molar-refractivity contribution >= 4 is 17.7 Å². The van der Waals surface area contributed by atoms with Gasteiger partial charge in [0.15, 0.2) is 5.16 Å². The van der Waals surface area contributed by atoms with Crippen molar-refractivity contribution in [2.45, 2.75) is 11.6 Å². The van der Waals surface area contributed by atoms with Crippen molar-refractivity contribution < 1.29 is 9.18 Å². The van der Waals surface area contributed by atoms with Crippen molar-refractivity contribution in [3.63, 3.8) is 0 Å². The minimum absolute atomic E-state index is 0.269. The zero-order valence-electron chi connectivity index (χ0n) is 9.52. The van der Waals surface area contributed by atoms with Crippen LogP contribution in [0.2, 0.25) is 0 Å². The number of nitrogens with zero attached hydrogens (tertiary/aromatic N) is 1. The molecule has 2 rings (SSSR count). The summed E-state index contributed by atoms with van der Waals surface area (Å²) < 4.78 is 12.8. The third-order valence-corrected chi connectivity index (χ3v) is 3.18.